The van der Waals surface area contributed by atoms with Crippen molar-refractivity contribution in [2.24, 2.45) is 0 Å². The van der Waals surface area contributed by atoms with Gasteiger partial charge < -0.3 is 19.5 Å². The Morgan fingerprint density at radius 3 is 2.74 bits per heavy atom. The van der Waals surface area contributed by atoms with E-state index in [4.69, 9.17) is 9.26 Å². The Morgan fingerprint density at radius 2 is 2.13 bits per heavy atom. The summed E-state index contributed by atoms with van der Waals surface area (Å²) in [5.74, 6) is 1.12. The molecule has 0 bridgehead atoms. The Kier molecular flexibility index (Phi) is 6.79. The molecule has 1 N–H and O–H groups in total. The van der Waals surface area contributed by atoms with E-state index in [-0.39, 0.29) is 6.03 Å². The van der Waals surface area contributed by atoms with Crippen LogP contribution < -0.4 is 5.32 Å². The van der Waals surface area contributed by atoms with E-state index in [2.05, 4.69) is 27.3 Å². The fourth-order valence-electron chi connectivity index (χ4n) is 2.60. The molecule has 0 aromatic carbocycles. The predicted molar refractivity (Wildman–Crippen MR) is 85.0 cm³/mol. The van der Waals surface area contributed by atoms with Crippen molar-refractivity contribution in [1.82, 2.24) is 25.3 Å². The first-order valence-corrected chi connectivity index (χ1v) is 8.26. The summed E-state index contributed by atoms with van der Waals surface area (Å²) in [5.41, 5.74) is 0. The fourth-order valence-corrected chi connectivity index (χ4v) is 2.60. The number of rotatable bonds is 7. The lowest BCUT2D eigenvalue weighted by atomic mass is 10.2. The zero-order valence-corrected chi connectivity index (χ0v) is 14.2. The first-order valence-electron chi connectivity index (χ1n) is 8.26. The molecular weight excluding hydrogens is 298 g/mol. The van der Waals surface area contributed by atoms with Crippen LogP contribution in [-0.4, -0.2) is 71.9 Å². The quantitative estimate of drug-likeness (QED) is 0.801. The van der Waals surface area contributed by atoms with Crippen LogP contribution in [0.15, 0.2) is 4.52 Å². The highest BCUT2D eigenvalue weighted by Gasteiger charge is 2.21. The SMILES string of the molecule is CCc1nc(CN(C)C(=O)NCC(CC)N2CCOCC2)no1. The van der Waals surface area contributed by atoms with Gasteiger partial charge >= 0.3 is 6.03 Å². The van der Waals surface area contributed by atoms with Gasteiger partial charge in [0.1, 0.15) is 0 Å². The summed E-state index contributed by atoms with van der Waals surface area (Å²) in [4.78, 5) is 20.4. The van der Waals surface area contributed by atoms with Gasteiger partial charge in [0.05, 0.1) is 19.8 Å². The van der Waals surface area contributed by atoms with Crippen LogP contribution in [0.4, 0.5) is 4.79 Å². The molecule has 130 valence electrons. The van der Waals surface area contributed by atoms with Crippen LogP contribution in [0, 0.1) is 0 Å². The van der Waals surface area contributed by atoms with Gasteiger partial charge in [-0.15, -0.1) is 0 Å². The molecule has 23 heavy (non-hydrogen) atoms. The maximum atomic E-state index is 12.2. The zero-order chi connectivity index (χ0) is 16.7. The Hall–Kier alpha value is -1.67. The number of amides is 2. The Bertz CT molecular complexity index is 487. The number of carbonyl (C=O) groups is 1. The van der Waals surface area contributed by atoms with Crippen molar-refractivity contribution in [3.8, 4) is 0 Å². The maximum Gasteiger partial charge on any atom is 0.317 e. The molecule has 0 saturated carbocycles. The van der Waals surface area contributed by atoms with Gasteiger partial charge in [0.2, 0.25) is 5.89 Å². The van der Waals surface area contributed by atoms with Crippen LogP contribution in [0.1, 0.15) is 32.0 Å². The van der Waals surface area contributed by atoms with E-state index in [9.17, 15) is 4.79 Å². The van der Waals surface area contributed by atoms with Crippen molar-refractivity contribution >= 4 is 6.03 Å². The molecule has 0 aliphatic carbocycles. The van der Waals surface area contributed by atoms with Gasteiger partial charge in [0.15, 0.2) is 5.82 Å². The molecule has 1 saturated heterocycles. The number of morpholine rings is 1. The van der Waals surface area contributed by atoms with Crippen molar-refractivity contribution in [2.75, 3.05) is 39.9 Å². The summed E-state index contributed by atoms with van der Waals surface area (Å²) >= 11 is 0. The van der Waals surface area contributed by atoms with Crippen molar-refractivity contribution in [1.29, 1.82) is 0 Å². The van der Waals surface area contributed by atoms with Crippen molar-refractivity contribution < 1.29 is 14.1 Å². The van der Waals surface area contributed by atoms with Crippen molar-refractivity contribution in [3.05, 3.63) is 11.7 Å². The maximum absolute atomic E-state index is 12.2. The number of urea groups is 1. The standard InChI is InChI=1S/C15H27N5O3/c1-4-12(20-6-8-22-9-7-20)10-16-15(21)19(3)11-13-17-14(5-2)23-18-13/h12H,4-11H2,1-3H3,(H,16,21). The van der Waals surface area contributed by atoms with E-state index in [0.717, 1.165) is 32.7 Å². The van der Waals surface area contributed by atoms with Gasteiger partial charge in [-0.05, 0) is 6.42 Å². The van der Waals surface area contributed by atoms with Gasteiger partial charge in [-0.25, -0.2) is 4.79 Å². The van der Waals surface area contributed by atoms with E-state index in [1.165, 1.54) is 0 Å². The second-order valence-electron chi connectivity index (χ2n) is 5.71. The third-order valence-corrected chi connectivity index (χ3v) is 4.06. The van der Waals surface area contributed by atoms with Gasteiger partial charge in [0.25, 0.3) is 0 Å². The highest BCUT2D eigenvalue weighted by molar-refractivity contribution is 5.73. The highest BCUT2D eigenvalue weighted by atomic mass is 16.5. The van der Waals surface area contributed by atoms with Crippen LogP contribution in [0.5, 0.6) is 0 Å². The molecule has 8 heteroatoms. The minimum atomic E-state index is -0.125. The minimum absolute atomic E-state index is 0.125. The molecule has 1 fully saturated rings. The average Bonchev–Trinajstić information content (AvgIpc) is 3.03. The second kappa shape index (κ2) is 8.83. The van der Waals surface area contributed by atoms with E-state index in [0.29, 0.717) is 37.3 Å². The summed E-state index contributed by atoms with van der Waals surface area (Å²) in [6.45, 7) is 8.44. The Labute approximate surface area is 137 Å². The first-order chi connectivity index (χ1) is 11.1. The minimum Gasteiger partial charge on any atom is -0.379 e. The number of nitrogens with zero attached hydrogens (tertiary/aromatic N) is 4. The third-order valence-electron chi connectivity index (χ3n) is 4.06. The van der Waals surface area contributed by atoms with Crippen LogP contribution in [-0.2, 0) is 17.7 Å². The summed E-state index contributed by atoms with van der Waals surface area (Å²) in [6.07, 6.45) is 1.69. The average molecular weight is 325 g/mol. The first kappa shape index (κ1) is 17.7. The molecule has 1 aromatic heterocycles. The molecule has 2 heterocycles. The number of carbonyl (C=O) groups excluding carboxylic acids is 1. The normalized spacial score (nSPS) is 17.0. The number of aryl methyl sites for hydroxylation is 1. The van der Waals surface area contributed by atoms with Crippen LogP contribution in [0.3, 0.4) is 0 Å². The molecule has 1 aromatic rings. The number of nitrogens with one attached hydrogen (secondary N) is 1. The lowest BCUT2D eigenvalue weighted by Gasteiger charge is -2.34. The highest BCUT2D eigenvalue weighted by Crippen LogP contribution is 2.07. The fraction of sp³-hybridized carbons (Fsp3) is 0.800. The largest absolute Gasteiger partial charge is 0.379 e. The van der Waals surface area contributed by atoms with Crippen LogP contribution in [0.2, 0.25) is 0 Å². The second-order valence-corrected chi connectivity index (χ2v) is 5.71. The van der Waals surface area contributed by atoms with E-state index >= 15 is 0 Å². The Morgan fingerprint density at radius 1 is 1.39 bits per heavy atom. The number of aromatic nitrogens is 2. The van der Waals surface area contributed by atoms with Gasteiger partial charge in [-0.3, -0.25) is 4.90 Å². The number of hydrogen-bond acceptors (Lipinski definition) is 6. The number of hydrogen-bond donors (Lipinski definition) is 1. The number of ether oxygens (including phenoxy) is 1. The molecule has 0 spiro atoms. The predicted octanol–water partition coefficient (Wildman–Crippen LogP) is 0.884. The van der Waals surface area contributed by atoms with Gasteiger partial charge in [-0.2, -0.15) is 4.98 Å². The van der Waals surface area contributed by atoms with Crippen LogP contribution in [0.25, 0.3) is 0 Å². The molecule has 1 aliphatic heterocycles. The summed E-state index contributed by atoms with van der Waals surface area (Å²) in [5, 5.41) is 6.85. The summed E-state index contributed by atoms with van der Waals surface area (Å²) < 4.78 is 10.4. The monoisotopic (exact) mass is 325 g/mol. The molecule has 2 amide bonds. The topological polar surface area (TPSA) is 83.7 Å². The van der Waals surface area contributed by atoms with E-state index in [1.807, 2.05) is 6.92 Å². The molecule has 2 rings (SSSR count). The molecule has 0 radical (unpaired) electrons. The van der Waals surface area contributed by atoms with E-state index in [1.54, 1.807) is 11.9 Å². The summed E-state index contributed by atoms with van der Waals surface area (Å²) in [6, 6.07) is 0.215. The molecule has 8 nitrogen and oxygen atoms in total. The van der Waals surface area contributed by atoms with Crippen LogP contribution >= 0.6 is 0 Å². The van der Waals surface area contributed by atoms with Gasteiger partial charge in [-0.1, -0.05) is 19.0 Å². The van der Waals surface area contributed by atoms with Crippen molar-refractivity contribution in [2.45, 2.75) is 39.3 Å². The smallest absolute Gasteiger partial charge is 0.317 e. The molecule has 1 unspecified atom stereocenters. The van der Waals surface area contributed by atoms with Gasteiger partial charge in [0, 0.05) is 39.1 Å². The lowest BCUT2D eigenvalue weighted by Crippen LogP contribution is -2.50. The molecule has 1 atom stereocenters. The Balaban J connectivity index is 1.77. The van der Waals surface area contributed by atoms with Crippen molar-refractivity contribution in [3.63, 3.8) is 0 Å². The zero-order valence-electron chi connectivity index (χ0n) is 14.2. The summed E-state index contributed by atoms with van der Waals surface area (Å²) in [7, 11) is 1.73. The van der Waals surface area contributed by atoms with E-state index < -0.39 is 0 Å². The molecule has 1 aliphatic rings. The molecular formula is C15H27N5O3. The lowest BCUT2D eigenvalue weighted by molar-refractivity contribution is 0.0162. The third kappa shape index (κ3) is 5.18.